The molecule has 0 spiro atoms. The third kappa shape index (κ3) is 5.58. The van der Waals surface area contributed by atoms with Crippen molar-refractivity contribution in [1.82, 2.24) is 25.0 Å². The first kappa shape index (κ1) is 23.2. The highest BCUT2D eigenvalue weighted by Gasteiger charge is 2.16. The van der Waals surface area contributed by atoms with Crippen LogP contribution in [0, 0.1) is 0 Å². The molecule has 2 N–H and O–H groups in total. The molecule has 7 nitrogen and oxygen atoms in total. The van der Waals surface area contributed by atoms with E-state index in [9.17, 15) is 4.79 Å². The number of aromatic amines is 1. The Morgan fingerprint density at radius 2 is 1.86 bits per heavy atom. The van der Waals surface area contributed by atoms with Crippen molar-refractivity contribution in [3.8, 4) is 11.1 Å². The molecule has 5 rings (SSSR count). The fraction of sp³-hybridized carbons (Fsp3) is 0.321. The minimum Gasteiger partial charge on any atom is -0.321 e. The lowest BCUT2D eigenvalue weighted by Gasteiger charge is -2.26. The van der Waals surface area contributed by atoms with Gasteiger partial charge in [0.1, 0.15) is 0 Å². The molecule has 0 saturated carbocycles. The maximum Gasteiger partial charge on any atom is 0.276 e. The van der Waals surface area contributed by atoms with Gasteiger partial charge in [-0.2, -0.15) is 5.10 Å². The highest BCUT2D eigenvalue weighted by atomic mass is 16.1. The van der Waals surface area contributed by atoms with Crippen LogP contribution in [0.5, 0.6) is 0 Å². The first-order chi connectivity index (χ1) is 17.0. The van der Waals surface area contributed by atoms with Crippen LogP contribution in [0.4, 0.5) is 5.69 Å². The zero-order valence-corrected chi connectivity index (χ0v) is 20.4. The molecular weight excluding hydrogens is 436 g/mol. The van der Waals surface area contributed by atoms with Gasteiger partial charge in [0.05, 0.1) is 5.52 Å². The monoisotopic (exact) mass is 468 g/mol. The minimum atomic E-state index is -0.229. The van der Waals surface area contributed by atoms with Gasteiger partial charge in [0, 0.05) is 42.1 Å². The number of amides is 1. The number of aromatic nitrogens is 3. The van der Waals surface area contributed by atoms with Crippen LogP contribution < -0.4 is 5.32 Å². The predicted octanol–water partition coefficient (Wildman–Crippen LogP) is 4.92. The molecular formula is C28H32N6O. The standard InChI is InChI=1S/C28H32N6O/c1-33(2)18-20-7-6-8-24(14-20)30-28(35)27-25-15-22(9-10-26(25)31-32-27)23-13-21(16-29-17-23)19-34-11-4-3-5-12-34/h6-10,13-17H,3-5,11-12,18-19H2,1-2H3,(H,30,35)(H,31,32). The molecule has 1 aliphatic heterocycles. The van der Waals surface area contributed by atoms with E-state index in [0.29, 0.717) is 5.69 Å². The molecule has 0 aliphatic carbocycles. The summed E-state index contributed by atoms with van der Waals surface area (Å²) >= 11 is 0. The van der Waals surface area contributed by atoms with E-state index in [1.807, 2.05) is 56.8 Å². The van der Waals surface area contributed by atoms with Crippen LogP contribution in [-0.4, -0.2) is 58.1 Å². The number of carbonyl (C=O) groups is 1. The minimum absolute atomic E-state index is 0.229. The van der Waals surface area contributed by atoms with Crippen LogP contribution in [0.3, 0.4) is 0 Å². The van der Waals surface area contributed by atoms with E-state index in [0.717, 1.165) is 59.5 Å². The number of likely N-dealkylation sites (tertiary alicyclic amines) is 1. The number of pyridine rings is 1. The Bertz CT molecular complexity index is 1320. The topological polar surface area (TPSA) is 77.1 Å². The van der Waals surface area contributed by atoms with Crippen molar-refractivity contribution in [1.29, 1.82) is 0 Å². The average Bonchev–Trinajstić information content (AvgIpc) is 3.28. The molecule has 1 saturated heterocycles. The summed E-state index contributed by atoms with van der Waals surface area (Å²) < 4.78 is 0. The van der Waals surface area contributed by atoms with Crippen molar-refractivity contribution in [2.75, 3.05) is 32.5 Å². The molecule has 35 heavy (non-hydrogen) atoms. The van der Waals surface area contributed by atoms with Crippen LogP contribution in [0.2, 0.25) is 0 Å². The van der Waals surface area contributed by atoms with Crippen molar-refractivity contribution < 1.29 is 4.79 Å². The molecule has 2 aromatic heterocycles. The van der Waals surface area contributed by atoms with E-state index in [-0.39, 0.29) is 5.91 Å². The lowest BCUT2D eigenvalue weighted by molar-refractivity contribution is 0.102. The van der Waals surface area contributed by atoms with Crippen LogP contribution >= 0.6 is 0 Å². The van der Waals surface area contributed by atoms with E-state index in [2.05, 4.69) is 48.5 Å². The second kappa shape index (κ2) is 10.4. The van der Waals surface area contributed by atoms with Gasteiger partial charge in [0.25, 0.3) is 5.91 Å². The van der Waals surface area contributed by atoms with Gasteiger partial charge in [-0.3, -0.25) is 19.8 Å². The number of carbonyl (C=O) groups excluding carboxylic acids is 1. The SMILES string of the molecule is CN(C)Cc1cccc(NC(=O)c2n[nH]c3ccc(-c4cncc(CN5CCCCC5)c4)cc23)c1. The molecule has 1 aliphatic rings. The number of piperidine rings is 1. The van der Waals surface area contributed by atoms with E-state index < -0.39 is 0 Å². The summed E-state index contributed by atoms with van der Waals surface area (Å²) in [6, 6.07) is 16.2. The second-order valence-corrected chi connectivity index (χ2v) is 9.64. The number of anilines is 1. The van der Waals surface area contributed by atoms with Crippen molar-refractivity contribution >= 4 is 22.5 Å². The van der Waals surface area contributed by atoms with Gasteiger partial charge >= 0.3 is 0 Å². The summed E-state index contributed by atoms with van der Waals surface area (Å²) in [6.07, 6.45) is 7.72. The number of H-pyrrole nitrogens is 1. The zero-order valence-electron chi connectivity index (χ0n) is 20.4. The van der Waals surface area contributed by atoms with Crippen molar-refractivity contribution in [3.63, 3.8) is 0 Å². The quantitative estimate of drug-likeness (QED) is 0.402. The Morgan fingerprint density at radius 1 is 1.00 bits per heavy atom. The number of benzene rings is 2. The summed E-state index contributed by atoms with van der Waals surface area (Å²) in [4.78, 5) is 22.2. The number of hydrogen-bond acceptors (Lipinski definition) is 5. The van der Waals surface area contributed by atoms with Gasteiger partial charge in [-0.15, -0.1) is 0 Å². The number of rotatable bonds is 7. The molecule has 7 heteroatoms. The van der Waals surface area contributed by atoms with Gasteiger partial charge < -0.3 is 10.2 Å². The molecule has 3 heterocycles. The number of nitrogens with one attached hydrogen (secondary N) is 2. The maximum absolute atomic E-state index is 13.1. The summed E-state index contributed by atoms with van der Waals surface area (Å²) in [7, 11) is 4.05. The van der Waals surface area contributed by atoms with Crippen LogP contribution in [0.25, 0.3) is 22.0 Å². The summed E-state index contributed by atoms with van der Waals surface area (Å²) in [6.45, 7) is 4.04. The van der Waals surface area contributed by atoms with Gasteiger partial charge in [-0.1, -0.05) is 24.6 Å². The van der Waals surface area contributed by atoms with Crippen LogP contribution in [0.15, 0.2) is 60.9 Å². The van der Waals surface area contributed by atoms with E-state index in [1.54, 1.807) is 0 Å². The molecule has 0 radical (unpaired) electrons. The third-order valence-electron chi connectivity index (χ3n) is 6.44. The lowest BCUT2D eigenvalue weighted by Crippen LogP contribution is -2.29. The normalized spacial score (nSPS) is 14.5. The van der Waals surface area contributed by atoms with E-state index in [4.69, 9.17) is 0 Å². The molecule has 0 bridgehead atoms. The Labute approximate surface area is 206 Å². The molecule has 0 unspecified atom stereocenters. The predicted molar refractivity (Wildman–Crippen MR) is 140 cm³/mol. The van der Waals surface area contributed by atoms with Gasteiger partial charge in [0.2, 0.25) is 0 Å². The third-order valence-corrected chi connectivity index (χ3v) is 6.44. The van der Waals surface area contributed by atoms with Crippen LogP contribution in [-0.2, 0) is 13.1 Å². The molecule has 180 valence electrons. The highest BCUT2D eigenvalue weighted by Crippen LogP contribution is 2.27. The van der Waals surface area contributed by atoms with E-state index >= 15 is 0 Å². The first-order valence-corrected chi connectivity index (χ1v) is 12.2. The first-order valence-electron chi connectivity index (χ1n) is 12.2. The Morgan fingerprint density at radius 3 is 2.69 bits per heavy atom. The number of hydrogen-bond donors (Lipinski definition) is 2. The average molecular weight is 469 g/mol. The molecule has 4 aromatic rings. The van der Waals surface area contributed by atoms with E-state index in [1.165, 1.54) is 24.8 Å². The smallest absolute Gasteiger partial charge is 0.276 e. The van der Waals surface area contributed by atoms with Crippen molar-refractivity contribution in [2.24, 2.45) is 0 Å². The fourth-order valence-corrected chi connectivity index (χ4v) is 4.78. The summed E-state index contributed by atoms with van der Waals surface area (Å²) in [5, 5.41) is 11.1. The molecule has 1 amide bonds. The summed E-state index contributed by atoms with van der Waals surface area (Å²) in [5.41, 5.74) is 6.40. The lowest BCUT2D eigenvalue weighted by atomic mass is 10.0. The molecule has 2 aromatic carbocycles. The van der Waals surface area contributed by atoms with Crippen molar-refractivity contribution in [3.05, 3.63) is 77.7 Å². The maximum atomic E-state index is 13.1. The largest absolute Gasteiger partial charge is 0.321 e. The molecule has 1 fully saturated rings. The number of nitrogens with zero attached hydrogens (tertiary/aromatic N) is 4. The van der Waals surface area contributed by atoms with Gasteiger partial charge in [-0.25, -0.2) is 0 Å². The highest BCUT2D eigenvalue weighted by molar-refractivity contribution is 6.11. The second-order valence-electron chi connectivity index (χ2n) is 9.64. The number of fused-ring (bicyclic) bond motifs is 1. The van der Waals surface area contributed by atoms with Crippen LogP contribution in [0.1, 0.15) is 40.9 Å². The Kier molecular flexibility index (Phi) is 6.88. The molecule has 0 atom stereocenters. The van der Waals surface area contributed by atoms with Crippen molar-refractivity contribution in [2.45, 2.75) is 32.4 Å². The van der Waals surface area contributed by atoms with Gasteiger partial charge in [-0.05, 0) is 87.0 Å². The zero-order chi connectivity index (χ0) is 24.2. The summed E-state index contributed by atoms with van der Waals surface area (Å²) in [5.74, 6) is -0.229. The Balaban J connectivity index is 1.37. The fourth-order valence-electron chi connectivity index (χ4n) is 4.78. The van der Waals surface area contributed by atoms with Gasteiger partial charge in [0.15, 0.2) is 5.69 Å². The Hall–Kier alpha value is -3.55.